The molecule has 0 nitrogen and oxygen atoms in total. The molecule has 2 rings (SSSR count). The standard InChI is InChI=1S/C16H20/c1-12(2)16(3,4)15-11-7-9-13-8-5-6-10-14(13)15/h5-12H,1-4H3. The molecule has 0 saturated heterocycles. The zero-order valence-corrected chi connectivity index (χ0v) is 10.6. The number of rotatable bonds is 2. The lowest BCUT2D eigenvalue weighted by Gasteiger charge is -2.31. The van der Waals surface area contributed by atoms with E-state index in [0.717, 1.165) is 0 Å². The third-order valence-electron chi connectivity index (χ3n) is 3.93. The first-order chi connectivity index (χ1) is 7.53. The Morgan fingerprint density at radius 2 is 1.50 bits per heavy atom. The number of benzene rings is 2. The monoisotopic (exact) mass is 212 g/mol. The highest BCUT2D eigenvalue weighted by Crippen LogP contribution is 2.35. The molecule has 0 atom stereocenters. The van der Waals surface area contributed by atoms with Crippen molar-refractivity contribution in [1.29, 1.82) is 0 Å². The van der Waals surface area contributed by atoms with E-state index in [1.807, 2.05) is 0 Å². The normalized spacial score (nSPS) is 12.3. The fourth-order valence-electron chi connectivity index (χ4n) is 2.10. The largest absolute Gasteiger partial charge is 0.0619 e. The van der Waals surface area contributed by atoms with Gasteiger partial charge in [-0.15, -0.1) is 0 Å². The highest BCUT2D eigenvalue weighted by atomic mass is 14.3. The van der Waals surface area contributed by atoms with E-state index < -0.39 is 0 Å². The first kappa shape index (κ1) is 11.2. The Labute approximate surface area is 98.3 Å². The molecule has 84 valence electrons. The average molecular weight is 212 g/mol. The first-order valence-electron chi connectivity index (χ1n) is 6.01. The summed E-state index contributed by atoms with van der Waals surface area (Å²) in [5.41, 5.74) is 1.68. The summed E-state index contributed by atoms with van der Waals surface area (Å²) >= 11 is 0. The molecule has 0 heterocycles. The van der Waals surface area contributed by atoms with Crippen LogP contribution in [0.1, 0.15) is 33.3 Å². The van der Waals surface area contributed by atoms with E-state index in [1.165, 1.54) is 16.3 Å². The average Bonchev–Trinajstić information content (AvgIpc) is 2.28. The first-order valence-corrected chi connectivity index (χ1v) is 6.01. The van der Waals surface area contributed by atoms with Crippen LogP contribution in [-0.4, -0.2) is 0 Å². The van der Waals surface area contributed by atoms with Crippen molar-refractivity contribution in [2.75, 3.05) is 0 Å². The molecule has 16 heavy (non-hydrogen) atoms. The van der Waals surface area contributed by atoms with Crippen molar-refractivity contribution in [2.45, 2.75) is 33.1 Å². The maximum atomic E-state index is 2.33. The van der Waals surface area contributed by atoms with Crippen molar-refractivity contribution in [3.8, 4) is 0 Å². The van der Waals surface area contributed by atoms with E-state index in [4.69, 9.17) is 0 Å². The van der Waals surface area contributed by atoms with Gasteiger partial charge in [-0.1, -0.05) is 70.2 Å². The zero-order chi connectivity index (χ0) is 11.8. The Balaban J connectivity index is 2.70. The van der Waals surface area contributed by atoms with Crippen LogP contribution in [0.3, 0.4) is 0 Å². The van der Waals surface area contributed by atoms with Crippen LogP contribution in [0, 0.1) is 5.92 Å². The van der Waals surface area contributed by atoms with Crippen LogP contribution in [0.2, 0.25) is 0 Å². The molecule has 0 N–H and O–H groups in total. The van der Waals surface area contributed by atoms with Gasteiger partial charge in [0.2, 0.25) is 0 Å². The van der Waals surface area contributed by atoms with E-state index in [2.05, 4.69) is 70.2 Å². The van der Waals surface area contributed by atoms with E-state index in [0.29, 0.717) is 5.92 Å². The summed E-state index contributed by atoms with van der Waals surface area (Å²) in [5, 5.41) is 2.73. The molecule has 0 aromatic heterocycles. The van der Waals surface area contributed by atoms with Crippen LogP contribution in [0.25, 0.3) is 10.8 Å². The third-order valence-corrected chi connectivity index (χ3v) is 3.93. The smallest absolute Gasteiger partial charge is 0.00744 e. The summed E-state index contributed by atoms with van der Waals surface area (Å²) in [4.78, 5) is 0. The van der Waals surface area contributed by atoms with Gasteiger partial charge >= 0.3 is 0 Å². The fourth-order valence-corrected chi connectivity index (χ4v) is 2.10. The molecule has 0 amide bonds. The minimum absolute atomic E-state index is 0.223. The van der Waals surface area contributed by atoms with Crippen molar-refractivity contribution < 1.29 is 0 Å². The minimum Gasteiger partial charge on any atom is -0.0619 e. The molecule has 0 fully saturated rings. The van der Waals surface area contributed by atoms with Gasteiger partial charge in [-0.2, -0.15) is 0 Å². The van der Waals surface area contributed by atoms with Crippen LogP contribution in [-0.2, 0) is 5.41 Å². The molecular formula is C16H20. The second kappa shape index (κ2) is 3.93. The van der Waals surface area contributed by atoms with E-state index in [-0.39, 0.29) is 5.41 Å². The Bertz CT molecular complexity index is 487. The molecule has 0 aliphatic carbocycles. The van der Waals surface area contributed by atoms with Gasteiger partial charge in [-0.25, -0.2) is 0 Å². The number of hydrogen-bond donors (Lipinski definition) is 0. The predicted molar refractivity (Wildman–Crippen MR) is 71.8 cm³/mol. The van der Waals surface area contributed by atoms with Crippen LogP contribution in [0.4, 0.5) is 0 Å². The molecule has 0 aliphatic rings. The summed E-state index contributed by atoms with van der Waals surface area (Å²) in [5.74, 6) is 0.637. The van der Waals surface area contributed by atoms with Crippen LogP contribution >= 0.6 is 0 Å². The van der Waals surface area contributed by atoms with Crippen molar-refractivity contribution in [3.05, 3.63) is 48.0 Å². The number of hydrogen-bond acceptors (Lipinski definition) is 0. The van der Waals surface area contributed by atoms with Crippen LogP contribution in [0.15, 0.2) is 42.5 Å². The van der Waals surface area contributed by atoms with Crippen LogP contribution < -0.4 is 0 Å². The topological polar surface area (TPSA) is 0 Å². The van der Waals surface area contributed by atoms with Gasteiger partial charge in [0.25, 0.3) is 0 Å². The molecule has 2 aromatic carbocycles. The second-order valence-electron chi connectivity index (χ2n) is 5.40. The molecular weight excluding hydrogens is 192 g/mol. The lowest BCUT2D eigenvalue weighted by molar-refractivity contribution is 0.375. The summed E-state index contributed by atoms with van der Waals surface area (Å²) < 4.78 is 0. The molecule has 0 heteroatoms. The maximum Gasteiger partial charge on any atom is -0.00744 e. The third kappa shape index (κ3) is 1.73. The highest BCUT2D eigenvalue weighted by molar-refractivity contribution is 5.86. The highest BCUT2D eigenvalue weighted by Gasteiger charge is 2.25. The molecule has 0 aliphatic heterocycles. The second-order valence-corrected chi connectivity index (χ2v) is 5.40. The zero-order valence-electron chi connectivity index (χ0n) is 10.6. The Hall–Kier alpha value is -1.30. The lowest BCUT2D eigenvalue weighted by atomic mass is 9.73. The van der Waals surface area contributed by atoms with Gasteiger partial charge < -0.3 is 0 Å². The predicted octanol–water partition coefficient (Wildman–Crippen LogP) is 4.77. The number of fused-ring (bicyclic) bond motifs is 1. The molecule has 0 radical (unpaired) electrons. The van der Waals surface area contributed by atoms with E-state index in [9.17, 15) is 0 Å². The van der Waals surface area contributed by atoms with Crippen LogP contribution in [0.5, 0.6) is 0 Å². The maximum absolute atomic E-state index is 2.33. The molecule has 0 saturated carbocycles. The molecule has 0 bridgehead atoms. The SMILES string of the molecule is CC(C)C(C)(C)c1cccc2ccccc12. The fraction of sp³-hybridized carbons (Fsp3) is 0.375. The lowest BCUT2D eigenvalue weighted by Crippen LogP contribution is -2.24. The van der Waals surface area contributed by atoms with Gasteiger partial charge in [0.1, 0.15) is 0 Å². The van der Waals surface area contributed by atoms with E-state index >= 15 is 0 Å². The molecule has 0 unspecified atom stereocenters. The Kier molecular flexibility index (Phi) is 2.75. The van der Waals surface area contributed by atoms with Crippen molar-refractivity contribution in [3.63, 3.8) is 0 Å². The van der Waals surface area contributed by atoms with Gasteiger partial charge in [0, 0.05) is 0 Å². The van der Waals surface area contributed by atoms with Gasteiger partial charge in [0.05, 0.1) is 0 Å². The summed E-state index contributed by atoms with van der Waals surface area (Å²) in [6.45, 7) is 9.25. The summed E-state index contributed by atoms with van der Waals surface area (Å²) in [6.07, 6.45) is 0. The summed E-state index contributed by atoms with van der Waals surface area (Å²) in [6, 6.07) is 15.3. The molecule has 2 aromatic rings. The Morgan fingerprint density at radius 3 is 2.19 bits per heavy atom. The van der Waals surface area contributed by atoms with Crippen molar-refractivity contribution in [1.82, 2.24) is 0 Å². The Morgan fingerprint density at radius 1 is 0.875 bits per heavy atom. The molecule has 0 spiro atoms. The quantitative estimate of drug-likeness (QED) is 0.672. The minimum atomic E-state index is 0.223. The van der Waals surface area contributed by atoms with E-state index in [1.54, 1.807) is 0 Å². The van der Waals surface area contributed by atoms with Crippen molar-refractivity contribution >= 4 is 10.8 Å². The van der Waals surface area contributed by atoms with Gasteiger partial charge in [-0.05, 0) is 27.7 Å². The van der Waals surface area contributed by atoms with Crippen molar-refractivity contribution in [2.24, 2.45) is 5.92 Å². The summed E-state index contributed by atoms with van der Waals surface area (Å²) in [7, 11) is 0. The van der Waals surface area contributed by atoms with Gasteiger partial charge in [0.15, 0.2) is 0 Å². The van der Waals surface area contributed by atoms with Gasteiger partial charge in [-0.3, -0.25) is 0 Å².